The molecule has 0 bridgehead atoms. The molecule has 0 amide bonds. The van der Waals surface area contributed by atoms with Crippen LogP contribution in [0.25, 0.3) is 0 Å². The number of guanidine groups is 1. The SMILES string of the molecule is CN=C(NCc1nccn1C)NC1CCN(c2ccc(Br)cc2)C1.I. The van der Waals surface area contributed by atoms with E-state index in [0.717, 1.165) is 35.8 Å². The van der Waals surface area contributed by atoms with E-state index in [4.69, 9.17) is 0 Å². The number of nitrogens with zero attached hydrogens (tertiary/aromatic N) is 4. The fourth-order valence-electron chi connectivity index (χ4n) is 2.88. The molecule has 0 radical (unpaired) electrons. The highest BCUT2D eigenvalue weighted by Crippen LogP contribution is 2.22. The van der Waals surface area contributed by atoms with Crippen LogP contribution in [0.2, 0.25) is 0 Å². The molecular weight excluding hydrogens is 495 g/mol. The zero-order valence-electron chi connectivity index (χ0n) is 14.4. The van der Waals surface area contributed by atoms with Crippen LogP contribution in [0, 0.1) is 0 Å². The Bertz CT molecular complexity index is 699. The second-order valence-corrected chi connectivity index (χ2v) is 6.85. The zero-order chi connectivity index (χ0) is 16.9. The van der Waals surface area contributed by atoms with Crippen molar-refractivity contribution in [2.45, 2.75) is 19.0 Å². The molecule has 136 valence electrons. The van der Waals surface area contributed by atoms with Gasteiger partial charge in [0.1, 0.15) is 5.82 Å². The van der Waals surface area contributed by atoms with Gasteiger partial charge in [-0.15, -0.1) is 24.0 Å². The Balaban J connectivity index is 0.00000225. The van der Waals surface area contributed by atoms with Gasteiger partial charge < -0.3 is 20.1 Å². The lowest BCUT2D eigenvalue weighted by Gasteiger charge is -2.20. The molecule has 3 rings (SSSR count). The third-order valence-corrected chi connectivity index (χ3v) is 4.81. The molecule has 1 unspecified atom stereocenters. The van der Waals surface area contributed by atoms with E-state index in [1.165, 1.54) is 5.69 Å². The topological polar surface area (TPSA) is 57.5 Å². The number of aromatic nitrogens is 2. The van der Waals surface area contributed by atoms with Crippen molar-refractivity contribution in [3.63, 3.8) is 0 Å². The van der Waals surface area contributed by atoms with E-state index >= 15 is 0 Å². The first-order chi connectivity index (χ1) is 11.7. The van der Waals surface area contributed by atoms with Gasteiger partial charge in [-0.3, -0.25) is 4.99 Å². The number of hydrogen-bond acceptors (Lipinski definition) is 3. The summed E-state index contributed by atoms with van der Waals surface area (Å²) in [5.41, 5.74) is 1.26. The summed E-state index contributed by atoms with van der Waals surface area (Å²) in [5, 5.41) is 6.84. The van der Waals surface area contributed by atoms with Crippen LogP contribution in [0.4, 0.5) is 5.69 Å². The average Bonchev–Trinajstić information content (AvgIpc) is 3.21. The summed E-state index contributed by atoms with van der Waals surface area (Å²) in [6.07, 6.45) is 4.85. The van der Waals surface area contributed by atoms with Crippen molar-refractivity contribution in [2.24, 2.45) is 12.0 Å². The molecule has 1 fully saturated rings. The molecule has 2 aromatic rings. The van der Waals surface area contributed by atoms with Crippen molar-refractivity contribution in [2.75, 3.05) is 25.0 Å². The number of benzene rings is 1. The van der Waals surface area contributed by atoms with Crippen LogP contribution in [-0.2, 0) is 13.6 Å². The summed E-state index contributed by atoms with van der Waals surface area (Å²) < 4.78 is 3.12. The maximum absolute atomic E-state index is 4.32. The van der Waals surface area contributed by atoms with E-state index in [1.54, 1.807) is 13.2 Å². The molecule has 6 nitrogen and oxygen atoms in total. The maximum Gasteiger partial charge on any atom is 0.191 e. The normalized spacial score (nSPS) is 17.3. The summed E-state index contributed by atoms with van der Waals surface area (Å²) in [4.78, 5) is 11.0. The van der Waals surface area contributed by atoms with Gasteiger partial charge in [0.15, 0.2) is 5.96 Å². The Hall–Kier alpha value is -1.29. The Morgan fingerprint density at radius 2 is 2.12 bits per heavy atom. The van der Waals surface area contributed by atoms with Crippen LogP contribution in [-0.4, -0.2) is 41.7 Å². The van der Waals surface area contributed by atoms with Gasteiger partial charge in [0.05, 0.1) is 6.54 Å². The van der Waals surface area contributed by atoms with E-state index in [2.05, 4.69) is 65.7 Å². The molecule has 1 aromatic carbocycles. The van der Waals surface area contributed by atoms with Gasteiger partial charge in [0, 0.05) is 55.8 Å². The summed E-state index contributed by atoms with van der Waals surface area (Å²) >= 11 is 3.48. The molecule has 1 atom stereocenters. The number of hydrogen-bond donors (Lipinski definition) is 2. The Kier molecular flexibility index (Phi) is 7.55. The lowest BCUT2D eigenvalue weighted by Crippen LogP contribution is -2.44. The van der Waals surface area contributed by atoms with Crippen LogP contribution in [0.5, 0.6) is 0 Å². The zero-order valence-corrected chi connectivity index (χ0v) is 18.4. The number of halogens is 2. The van der Waals surface area contributed by atoms with Crippen molar-refractivity contribution in [1.82, 2.24) is 20.2 Å². The second kappa shape index (κ2) is 9.42. The molecule has 1 saturated heterocycles. The molecule has 2 heterocycles. The minimum atomic E-state index is 0. The first kappa shape index (κ1) is 20.0. The van der Waals surface area contributed by atoms with Crippen molar-refractivity contribution in [3.8, 4) is 0 Å². The summed E-state index contributed by atoms with van der Waals surface area (Å²) in [5.74, 6) is 1.81. The van der Waals surface area contributed by atoms with Gasteiger partial charge in [0.25, 0.3) is 0 Å². The van der Waals surface area contributed by atoms with E-state index < -0.39 is 0 Å². The minimum absolute atomic E-state index is 0. The number of aryl methyl sites for hydroxylation is 1. The van der Waals surface area contributed by atoms with Crippen LogP contribution < -0.4 is 15.5 Å². The third kappa shape index (κ3) is 5.34. The van der Waals surface area contributed by atoms with Crippen LogP contribution in [0.1, 0.15) is 12.2 Å². The summed E-state index contributed by atoms with van der Waals surface area (Å²) in [6, 6.07) is 8.87. The van der Waals surface area contributed by atoms with Crippen LogP contribution in [0.15, 0.2) is 46.1 Å². The Labute approximate surface area is 174 Å². The number of rotatable bonds is 4. The highest BCUT2D eigenvalue weighted by molar-refractivity contribution is 14.0. The van der Waals surface area contributed by atoms with E-state index in [1.807, 2.05) is 17.8 Å². The van der Waals surface area contributed by atoms with Crippen molar-refractivity contribution >= 4 is 51.6 Å². The van der Waals surface area contributed by atoms with E-state index in [0.29, 0.717) is 12.6 Å². The molecular formula is C17H24BrIN6. The van der Waals surface area contributed by atoms with Gasteiger partial charge in [-0.25, -0.2) is 4.98 Å². The molecule has 8 heteroatoms. The molecule has 25 heavy (non-hydrogen) atoms. The second-order valence-electron chi connectivity index (χ2n) is 5.93. The number of aliphatic imine (C=N–C) groups is 1. The summed E-state index contributed by atoms with van der Waals surface area (Å²) in [6.45, 7) is 2.69. The molecule has 0 saturated carbocycles. The smallest absolute Gasteiger partial charge is 0.191 e. The molecule has 1 aliphatic rings. The lowest BCUT2D eigenvalue weighted by atomic mass is 10.3. The standard InChI is InChI=1S/C17H23BrN6.HI/c1-19-17(21-11-16-20-8-10-23(16)2)22-14-7-9-24(12-14)15-5-3-13(18)4-6-15;/h3-6,8,10,14H,7,9,11-12H2,1-2H3,(H2,19,21,22);1H. The highest BCUT2D eigenvalue weighted by atomic mass is 127. The Morgan fingerprint density at radius 3 is 2.76 bits per heavy atom. The fraction of sp³-hybridized carbons (Fsp3) is 0.412. The van der Waals surface area contributed by atoms with Crippen LogP contribution in [0.3, 0.4) is 0 Å². The molecule has 2 N–H and O–H groups in total. The third-order valence-electron chi connectivity index (χ3n) is 4.28. The van der Waals surface area contributed by atoms with Crippen molar-refractivity contribution in [1.29, 1.82) is 0 Å². The maximum atomic E-state index is 4.32. The number of nitrogens with one attached hydrogen (secondary N) is 2. The quantitative estimate of drug-likeness (QED) is 0.371. The predicted octanol–water partition coefficient (Wildman–Crippen LogP) is 2.74. The first-order valence-electron chi connectivity index (χ1n) is 8.09. The van der Waals surface area contributed by atoms with Crippen molar-refractivity contribution in [3.05, 3.63) is 47.0 Å². The van der Waals surface area contributed by atoms with Gasteiger partial charge in [0.2, 0.25) is 0 Å². The fourth-order valence-corrected chi connectivity index (χ4v) is 3.15. The summed E-state index contributed by atoms with van der Waals surface area (Å²) in [7, 11) is 3.79. The number of anilines is 1. The molecule has 0 spiro atoms. The van der Waals surface area contributed by atoms with Gasteiger partial charge >= 0.3 is 0 Å². The monoisotopic (exact) mass is 518 g/mol. The van der Waals surface area contributed by atoms with Gasteiger partial charge in [-0.1, -0.05) is 15.9 Å². The predicted molar refractivity (Wildman–Crippen MR) is 117 cm³/mol. The lowest BCUT2D eigenvalue weighted by molar-refractivity contribution is 0.641. The number of imidazole rings is 1. The van der Waals surface area contributed by atoms with E-state index in [-0.39, 0.29) is 24.0 Å². The van der Waals surface area contributed by atoms with Crippen LogP contribution >= 0.6 is 39.9 Å². The van der Waals surface area contributed by atoms with Gasteiger partial charge in [-0.05, 0) is 30.7 Å². The highest BCUT2D eigenvalue weighted by Gasteiger charge is 2.23. The first-order valence-corrected chi connectivity index (χ1v) is 8.89. The van der Waals surface area contributed by atoms with E-state index in [9.17, 15) is 0 Å². The molecule has 1 aliphatic heterocycles. The minimum Gasteiger partial charge on any atom is -0.369 e. The molecule has 1 aromatic heterocycles. The Morgan fingerprint density at radius 1 is 1.36 bits per heavy atom. The van der Waals surface area contributed by atoms with Crippen molar-refractivity contribution < 1.29 is 0 Å². The largest absolute Gasteiger partial charge is 0.369 e. The average molecular weight is 519 g/mol. The molecule has 0 aliphatic carbocycles. The van der Waals surface area contributed by atoms with Gasteiger partial charge in [-0.2, -0.15) is 0 Å².